The quantitative estimate of drug-likeness (QED) is 0.724. The highest BCUT2D eigenvalue weighted by molar-refractivity contribution is 5.87. The van der Waals surface area contributed by atoms with E-state index in [1.165, 1.54) is 14.0 Å². The number of amides is 1. The Hall–Kier alpha value is -2.08. The number of nitrogens with one attached hydrogen (secondary N) is 1. The average molecular weight is 309 g/mol. The minimum Gasteiger partial charge on any atom is -0.494 e. The van der Waals surface area contributed by atoms with Crippen molar-refractivity contribution in [2.24, 2.45) is 0 Å². The Morgan fingerprint density at radius 1 is 1.36 bits per heavy atom. The Bertz CT molecular complexity index is 517. The summed E-state index contributed by atoms with van der Waals surface area (Å²) in [5, 5.41) is 11.7. The molecule has 1 rings (SSSR count). The number of carbonyl (C=O) groups is 2. The van der Waals surface area contributed by atoms with Gasteiger partial charge in [0.2, 0.25) is 5.91 Å². The highest BCUT2D eigenvalue weighted by atomic mass is 16.5. The van der Waals surface area contributed by atoms with Crippen LogP contribution in [0.1, 0.15) is 25.8 Å². The van der Waals surface area contributed by atoms with Crippen molar-refractivity contribution in [2.75, 3.05) is 20.3 Å². The molecule has 0 aliphatic heterocycles. The molecule has 0 bridgehead atoms. The monoisotopic (exact) mass is 309 g/mol. The molecule has 0 aliphatic rings. The number of methoxy groups -OCH3 is 1. The molecule has 1 aromatic carbocycles. The van der Waals surface area contributed by atoms with Gasteiger partial charge in [-0.1, -0.05) is 19.1 Å². The fourth-order valence-corrected chi connectivity index (χ4v) is 1.94. The Balaban J connectivity index is 2.70. The molecule has 0 spiro atoms. The van der Waals surface area contributed by atoms with Crippen LogP contribution in [0.3, 0.4) is 0 Å². The second kappa shape index (κ2) is 8.38. The molecule has 22 heavy (non-hydrogen) atoms. The van der Waals surface area contributed by atoms with Gasteiger partial charge >= 0.3 is 5.97 Å². The van der Waals surface area contributed by atoms with Crippen LogP contribution in [0, 0.1) is 0 Å². The zero-order valence-corrected chi connectivity index (χ0v) is 13.2. The molecule has 0 saturated carbocycles. The molecule has 0 fully saturated rings. The molecule has 1 amide bonds. The van der Waals surface area contributed by atoms with E-state index >= 15 is 0 Å². The van der Waals surface area contributed by atoms with Crippen molar-refractivity contribution in [3.8, 4) is 5.75 Å². The molecular formula is C16H23NO5. The van der Waals surface area contributed by atoms with E-state index in [2.05, 4.69) is 5.32 Å². The van der Waals surface area contributed by atoms with Crippen LogP contribution in [-0.2, 0) is 20.7 Å². The number of carboxylic acids is 1. The molecule has 2 N–H and O–H groups in total. The highest BCUT2D eigenvalue weighted by Gasteiger charge is 2.34. The van der Waals surface area contributed by atoms with Gasteiger partial charge in [0.1, 0.15) is 5.75 Å². The van der Waals surface area contributed by atoms with Crippen molar-refractivity contribution < 1.29 is 24.2 Å². The lowest BCUT2D eigenvalue weighted by Gasteiger charge is -2.25. The van der Waals surface area contributed by atoms with Crippen LogP contribution in [-0.4, -0.2) is 42.8 Å². The van der Waals surface area contributed by atoms with Crippen molar-refractivity contribution in [1.29, 1.82) is 0 Å². The van der Waals surface area contributed by atoms with Crippen LogP contribution in [0.25, 0.3) is 0 Å². The summed E-state index contributed by atoms with van der Waals surface area (Å²) in [6, 6.07) is 7.21. The van der Waals surface area contributed by atoms with E-state index < -0.39 is 11.5 Å². The van der Waals surface area contributed by atoms with E-state index in [1.807, 2.05) is 13.0 Å². The third-order valence-corrected chi connectivity index (χ3v) is 3.06. The minimum atomic E-state index is -1.44. The van der Waals surface area contributed by atoms with Gasteiger partial charge in [-0.05, 0) is 31.0 Å². The average Bonchev–Trinajstić information content (AvgIpc) is 2.45. The van der Waals surface area contributed by atoms with Gasteiger partial charge in [-0.2, -0.15) is 0 Å². The Morgan fingerprint density at radius 3 is 2.68 bits per heavy atom. The van der Waals surface area contributed by atoms with Crippen molar-refractivity contribution in [3.05, 3.63) is 29.8 Å². The second-order valence-corrected chi connectivity index (χ2v) is 5.29. The largest absolute Gasteiger partial charge is 0.494 e. The Kier molecular flexibility index (Phi) is 6.85. The standard InChI is InChI=1S/C16H23NO5/c1-4-8-22-13-7-5-6-12(9-13)10-14(18)17-16(2,11-21-3)15(19)20/h5-7,9H,4,8,10-11H2,1-3H3,(H,17,18)(H,19,20). The van der Waals surface area contributed by atoms with Crippen molar-refractivity contribution >= 4 is 11.9 Å². The number of rotatable bonds is 9. The third-order valence-electron chi connectivity index (χ3n) is 3.06. The normalized spacial score (nSPS) is 13.2. The molecule has 6 nitrogen and oxygen atoms in total. The second-order valence-electron chi connectivity index (χ2n) is 5.29. The minimum absolute atomic E-state index is 0.0793. The number of carboxylic acid groups (broad SMARTS) is 1. The van der Waals surface area contributed by atoms with Crippen LogP contribution < -0.4 is 10.1 Å². The van der Waals surface area contributed by atoms with Crippen LogP contribution in [0.4, 0.5) is 0 Å². The van der Waals surface area contributed by atoms with Gasteiger partial charge in [0.25, 0.3) is 0 Å². The number of ether oxygens (including phenoxy) is 2. The van der Waals surface area contributed by atoms with E-state index in [-0.39, 0.29) is 18.9 Å². The Morgan fingerprint density at radius 2 is 2.09 bits per heavy atom. The molecule has 1 aromatic rings. The first-order chi connectivity index (χ1) is 10.4. The molecule has 0 radical (unpaired) electrons. The van der Waals surface area contributed by atoms with Crippen LogP contribution in [0.5, 0.6) is 5.75 Å². The maximum Gasteiger partial charge on any atom is 0.331 e. The van der Waals surface area contributed by atoms with E-state index in [4.69, 9.17) is 9.47 Å². The lowest BCUT2D eigenvalue weighted by atomic mass is 10.0. The van der Waals surface area contributed by atoms with Gasteiger partial charge in [0.05, 0.1) is 19.6 Å². The fourth-order valence-electron chi connectivity index (χ4n) is 1.94. The molecule has 0 saturated heterocycles. The Labute approximate surface area is 130 Å². The van der Waals surface area contributed by atoms with Crippen LogP contribution in [0.15, 0.2) is 24.3 Å². The summed E-state index contributed by atoms with van der Waals surface area (Å²) in [6.45, 7) is 3.94. The summed E-state index contributed by atoms with van der Waals surface area (Å²) in [4.78, 5) is 23.3. The van der Waals surface area contributed by atoms with E-state index in [1.54, 1.807) is 18.2 Å². The summed E-state index contributed by atoms with van der Waals surface area (Å²) in [6.07, 6.45) is 0.981. The third kappa shape index (κ3) is 5.37. The summed E-state index contributed by atoms with van der Waals surface area (Å²) in [7, 11) is 1.39. The topological polar surface area (TPSA) is 84.9 Å². The smallest absolute Gasteiger partial charge is 0.331 e. The number of hydrogen-bond donors (Lipinski definition) is 2. The number of carbonyl (C=O) groups excluding carboxylic acids is 1. The van der Waals surface area contributed by atoms with Crippen molar-refractivity contribution in [1.82, 2.24) is 5.32 Å². The lowest BCUT2D eigenvalue weighted by Crippen LogP contribution is -2.55. The summed E-state index contributed by atoms with van der Waals surface area (Å²) in [5.74, 6) is -0.817. The van der Waals surface area contributed by atoms with Crippen LogP contribution >= 0.6 is 0 Å². The SMILES string of the molecule is CCCOc1cccc(CC(=O)NC(C)(COC)C(=O)O)c1. The van der Waals surface area contributed by atoms with Gasteiger partial charge in [-0.3, -0.25) is 4.79 Å². The van der Waals surface area contributed by atoms with Gasteiger partial charge in [-0.15, -0.1) is 0 Å². The molecule has 0 aromatic heterocycles. The molecule has 1 atom stereocenters. The number of hydrogen-bond acceptors (Lipinski definition) is 4. The van der Waals surface area contributed by atoms with E-state index in [9.17, 15) is 14.7 Å². The first-order valence-corrected chi connectivity index (χ1v) is 7.16. The molecule has 1 unspecified atom stereocenters. The van der Waals surface area contributed by atoms with Crippen molar-refractivity contribution in [3.63, 3.8) is 0 Å². The number of benzene rings is 1. The molecule has 6 heteroatoms. The maximum absolute atomic E-state index is 12.1. The highest BCUT2D eigenvalue weighted by Crippen LogP contribution is 2.14. The summed E-state index contributed by atoms with van der Waals surface area (Å²) in [5.41, 5.74) is -0.682. The first-order valence-electron chi connectivity index (χ1n) is 7.16. The van der Waals surface area contributed by atoms with E-state index in [0.717, 1.165) is 12.0 Å². The number of aliphatic carboxylic acids is 1. The van der Waals surface area contributed by atoms with Gasteiger partial charge in [-0.25, -0.2) is 4.79 Å². The van der Waals surface area contributed by atoms with Gasteiger partial charge < -0.3 is 19.9 Å². The van der Waals surface area contributed by atoms with E-state index in [0.29, 0.717) is 12.4 Å². The zero-order chi connectivity index (χ0) is 16.6. The van der Waals surface area contributed by atoms with Gasteiger partial charge in [0.15, 0.2) is 5.54 Å². The zero-order valence-electron chi connectivity index (χ0n) is 13.2. The maximum atomic E-state index is 12.1. The molecule has 0 heterocycles. The first kappa shape index (κ1) is 18.0. The summed E-state index contributed by atoms with van der Waals surface area (Å²) < 4.78 is 10.4. The van der Waals surface area contributed by atoms with Crippen molar-refractivity contribution in [2.45, 2.75) is 32.2 Å². The molecule has 0 aliphatic carbocycles. The molecule has 122 valence electrons. The predicted molar refractivity (Wildman–Crippen MR) is 82.0 cm³/mol. The van der Waals surface area contributed by atoms with Gasteiger partial charge in [0, 0.05) is 7.11 Å². The summed E-state index contributed by atoms with van der Waals surface area (Å²) >= 11 is 0. The fraction of sp³-hybridized carbons (Fsp3) is 0.500. The predicted octanol–water partition coefficient (Wildman–Crippen LogP) is 1.62. The molecular weight excluding hydrogens is 286 g/mol. The lowest BCUT2D eigenvalue weighted by molar-refractivity contribution is -0.149. The van der Waals surface area contributed by atoms with Crippen LogP contribution in [0.2, 0.25) is 0 Å².